The van der Waals surface area contributed by atoms with Gasteiger partial charge in [-0.3, -0.25) is 4.79 Å². The molecule has 0 aliphatic carbocycles. The van der Waals surface area contributed by atoms with Crippen molar-refractivity contribution in [1.29, 1.82) is 0 Å². The molecule has 27 heavy (non-hydrogen) atoms. The molecule has 3 nitrogen and oxygen atoms in total. The first-order chi connectivity index (χ1) is 13.2. The maximum Gasteiger partial charge on any atom is 0.230 e. The topological polar surface area (TPSA) is 35.5 Å². The Bertz CT molecular complexity index is 879. The van der Waals surface area contributed by atoms with Gasteiger partial charge in [-0.15, -0.1) is 0 Å². The Balaban J connectivity index is 1.49. The van der Waals surface area contributed by atoms with Crippen LogP contribution in [-0.4, -0.2) is 12.6 Å². The van der Waals surface area contributed by atoms with Crippen LogP contribution in [-0.2, 0) is 6.42 Å². The van der Waals surface area contributed by atoms with E-state index in [4.69, 9.17) is 9.47 Å². The van der Waals surface area contributed by atoms with E-state index in [1.54, 1.807) is 24.3 Å². The van der Waals surface area contributed by atoms with Gasteiger partial charge in [-0.25, -0.2) is 0 Å². The molecule has 0 amide bonds. The molecule has 0 N–H and O–H groups in total. The first-order valence-corrected chi connectivity index (χ1v) is 8.96. The summed E-state index contributed by atoms with van der Waals surface area (Å²) < 4.78 is 11.2. The van der Waals surface area contributed by atoms with E-state index in [1.165, 1.54) is 5.56 Å². The number of hydrogen-bond acceptors (Lipinski definition) is 3. The van der Waals surface area contributed by atoms with E-state index in [9.17, 15) is 4.79 Å². The van der Waals surface area contributed by atoms with Crippen molar-refractivity contribution in [3.63, 3.8) is 0 Å². The highest BCUT2D eigenvalue weighted by Gasteiger charge is 2.00. The van der Waals surface area contributed by atoms with Gasteiger partial charge >= 0.3 is 0 Å². The summed E-state index contributed by atoms with van der Waals surface area (Å²) in [6.45, 7) is 2.27. The Labute approximate surface area is 159 Å². The van der Waals surface area contributed by atoms with Crippen LogP contribution in [0.2, 0.25) is 0 Å². The van der Waals surface area contributed by atoms with Crippen LogP contribution >= 0.6 is 0 Å². The average molecular weight is 358 g/mol. The summed E-state index contributed by atoms with van der Waals surface area (Å²) in [4.78, 5) is 12.1. The maximum atomic E-state index is 12.1. The van der Waals surface area contributed by atoms with E-state index in [0.717, 1.165) is 17.7 Å². The highest BCUT2D eigenvalue weighted by atomic mass is 16.7. The first-order valence-electron chi connectivity index (χ1n) is 8.96. The molecule has 0 spiro atoms. The minimum Gasteiger partial charge on any atom is -0.458 e. The molecule has 3 heteroatoms. The number of carbonyl (C=O) groups excluding carboxylic acids is 1. The fourth-order valence-corrected chi connectivity index (χ4v) is 2.53. The van der Waals surface area contributed by atoms with Gasteiger partial charge in [0.1, 0.15) is 11.5 Å². The zero-order valence-electron chi connectivity index (χ0n) is 15.3. The molecule has 3 aromatic rings. The average Bonchev–Trinajstić information content (AvgIpc) is 2.74. The van der Waals surface area contributed by atoms with Crippen molar-refractivity contribution in [3.05, 3.63) is 102 Å². The number of carbonyl (C=O) groups is 1. The Morgan fingerprint density at radius 2 is 1.41 bits per heavy atom. The first kappa shape index (κ1) is 18.5. The Kier molecular flexibility index (Phi) is 6.42. The van der Waals surface area contributed by atoms with Crippen molar-refractivity contribution in [2.24, 2.45) is 0 Å². The quantitative estimate of drug-likeness (QED) is 0.300. The number of ether oxygens (including phenoxy) is 2. The molecular weight excluding hydrogens is 336 g/mol. The molecule has 3 aromatic carbocycles. The van der Waals surface area contributed by atoms with Crippen LogP contribution in [0.25, 0.3) is 6.08 Å². The van der Waals surface area contributed by atoms with Gasteiger partial charge in [-0.05, 0) is 47.9 Å². The Morgan fingerprint density at radius 1 is 0.815 bits per heavy atom. The van der Waals surface area contributed by atoms with Crippen molar-refractivity contribution in [2.75, 3.05) is 6.79 Å². The van der Waals surface area contributed by atoms with E-state index in [-0.39, 0.29) is 12.6 Å². The summed E-state index contributed by atoms with van der Waals surface area (Å²) in [5.74, 6) is 1.48. The second-order valence-corrected chi connectivity index (χ2v) is 6.04. The van der Waals surface area contributed by atoms with Gasteiger partial charge in [0, 0.05) is 5.56 Å². The minimum absolute atomic E-state index is 0.0154. The SMILES string of the molecule is CCc1ccc(OCOc2ccc(/C=C/C(=O)c3ccccc3)cc2)cc1. The third-order valence-electron chi connectivity index (χ3n) is 4.15. The fourth-order valence-electron chi connectivity index (χ4n) is 2.53. The predicted octanol–water partition coefficient (Wildman–Crippen LogP) is 5.56. The molecule has 0 atom stereocenters. The summed E-state index contributed by atoms with van der Waals surface area (Å²) in [6.07, 6.45) is 4.38. The predicted molar refractivity (Wildman–Crippen MR) is 108 cm³/mol. The van der Waals surface area contributed by atoms with Crippen LogP contribution < -0.4 is 9.47 Å². The van der Waals surface area contributed by atoms with Gasteiger partial charge < -0.3 is 9.47 Å². The van der Waals surface area contributed by atoms with E-state index < -0.39 is 0 Å². The Morgan fingerprint density at radius 3 is 2.00 bits per heavy atom. The molecule has 136 valence electrons. The van der Waals surface area contributed by atoms with Gasteiger partial charge in [0.2, 0.25) is 6.79 Å². The lowest BCUT2D eigenvalue weighted by Gasteiger charge is -2.09. The fraction of sp³-hybridized carbons (Fsp3) is 0.125. The standard InChI is InChI=1S/C24H22O3/c1-2-19-8-13-22(14-9-19)26-18-27-23-15-10-20(11-16-23)12-17-24(25)21-6-4-3-5-7-21/h3-17H,2,18H2,1H3/b17-12+. The van der Waals surface area contributed by atoms with E-state index in [2.05, 4.69) is 6.92 Å². The van der Waals surface area contributed by atoms with Crippen molar-refractivity contribution in [2.45, 2.75) is 13.3 Å². The van der Waals surface area contributed by atoms with Gasteiger partial charge in [-0.2, -0.15) is 0 Å². The molecule has 0 unspecified atom stereocenters. The van der Waals surface area contributed by atoms with Crippen LogP contribution in [0.4, 0.5) is 0 Å². The highest BCUT2D eigenvalue weighted by Crippen LogP contribution is 2.16. The monoisotopic (exact) mass is 358 g/mol. The number of allylic oxidation sites excluding steroid dienone is 1. The van der Waals surface area contributed by atoms with Gasteiger partial charge in [0.15, 0.2) is 5.78 Å². The van der Waals surface area contributed by atoms with Crippen LogP contribution in [0, 0.1) is 0 Å². The molecular formula is C24H22O3. The highest BCUT2D eigenvalue weighted by molar-refractivity contribution is 6.06. The molecule has 0 aliphatic rings. The van der Waals surface area contributed by atoms with E-state index in [0.29, 0.717) is 11.3 Å². The number of ketones is 1. The van der Waals surface area contributed by atoms with Crippen molar-refractivity contribution in [3.8, 4) is 11.5 Å². The van der Waals surface area contributed by atoms with E-state index >= 15 is 0 Å². The molecule has 0 saturated carbocycles. The number of aryl methyl sites for hydroxylation is 1. The van der Waals surface area contributed by atoms with Crippen LogP contribution in [0.5, 0.6) is 11.5 Å². The summed E-state index contributed by atoms with van der Waals surface area (Å²) in [7, 11) is 0. The smallest absolute Gasteiger partial charge is 0.230 e. The van der Waals surface area contributed by atoms with Crippen molar-refractivity contribution in [1.82, 2.24) is 0 Å². The van der Waals surface area contributed by atoms with Crippen molar-refractivity contribution >= 4 is 11.9 Å². The molecule has 3 rings (SSSR count). The molecule has 0 radical (unpaired) electrons. The summed E-state index contributed by atoms with van der Waals surface area (Å²) in [5.41, 5.74) is 2.89. The largest absolute Gasteiger partial charge is 0.458 e. The number of hydrogen-bond donors (Lipinski definition) is 0. The summed E-state index contributed by atoms with van der Waals surface area (Å²) in [6, 6.07) is 24.7. The van der Waals surface area contributed by atoms with Crippen LogP contribution in [0.1, 0.15) is 28.4 Å². The molecule has 0 bridgehead atoms. The molecule has 0 aliphatic heterocycles. The molecule has 0 saturated heterocycles. The third kappa shape index (κ3) is 5.58. The summed E-state index contributed by atoms with van der Waals surface area (Å²) >= 11 is 0. The second kappa shape index (κ2) is 9.39. The minimum atomic E-state index is -0.0154. The molecule has 0 heterocycles. The molecule has 0 aromatic heterocycles. The lowest BCUT2D eigenvalue weighted by Crippen LogP contribution is -2.05. The second-order valence-electron chi connectivity index (χ2n) is 6.04. The zero-order valence-corrected chi connectivity index (χ0v) is 15.3. The van der Waals surface area contributed by atoms with Crippen molar-refractivity contribution < 1.29 is 14.3 Å². The Hall–Kier alpha value is -3.33. The number of benzene rings is 3. The van der Waals surface area contributed by atoms with Gasteiger partial charge in [0.25, 0.3) is 0 Å². The third-order valence-corrected chi connectivity index (χ3v) is 4.15. The lowest BCUT2D eigenvalue weighted by atomic mass is 10.1. The normalized spacial score (nSPS) is 10.7. The van der Waals surface area contributed by atoms with Crippen LogP contribution in [0.3, 0.4) is 0 Å². The van der Waals surface area contributed by atoms with Crippen LogP contribution in [0.15, 0.2) is 84.9 Å². The lowest BCUT2D eigenvalue weighted by molar-refractivity contribution is 0.104. The maximum absolute atomic E-state index is 12.1. The van der Waals surface area contributed by atoms with E-state index in [1.807, 2.05) is 66.7 Å². The van der Waals surface area contributed by atoms with Gasteiger partial charge in [0.05, 0.1) is 0 Å². The zero-order chi connectivity index (χ0) is 18.9. The number of rotatable bonds is 8. The van der Waals surface area contributed by atoms with Gasteiger partial charge in [-0.1, -0.05) is 67.6 Å². The summed E-state index contributed by atoms with van der Waals surface area (Å²) in [5, 5.41) is 0. The molecule has 0 fully saturated rings.